The van der Waals surface area contributed by atoms with Gasteiger partial charge >= 0.3 is 0 Å². The van der Waals surface area contributed by atoms with Crippen molar-refractivity contribution in [1.29, 1.82) is 0 Å². The highest BCUT2D eigenvalue weighted by molar-refractivity contribution is 5.35. The average molecular weight is 191 g/mol. The number of aliphatic hydroxyl groups is 1. The molecule has 14 heavy (non-hydrogen) atoms. The molecule has 2 rings (SSSR count). The van der Waals surface area contributed by atoms with Gasteiger partial charge in [-0.2, -0.15) is 0 Å². The van der Waals surface area contributed by atoms with Crippen molar-refractivity contribution in [2.75, 3.05) is 6.54 Å². The lowest BCUT2D eigenvalue weighted by atomic mass is 9.80. The molecule has 3 N–H and O–H groups in total. The summed E-state index contributed by atoms with van der Waals surface area (Å²) in [4.78, 5) is 0. The first-order chi connectivity index (χ1) is 6.62. The fraction of sp³-hybridized carbons (Fsp3) is 0.500. The van der Waals surface area contributed by atoms with E-state index in [2.05, 4.69) is 12.1 Å². The normalized spacial score (nSPS) is 22.8. The van der Waals surface area contributed by atoms with Crippen molar-refractivity contribution in [2.45, 2.75) is 30.8 Å². The van der Waals surface area contributed by atoms with Crippen LogP contribution in [0, 0.1) is 0 Å². The first-order valence-corrected chi connectivity index (χ1v) is 5.10. The van der Waals surface area contributed by atoms with Crippen LogP contribution in [0.15, 0.2) is 30.3 Å². The highest BCUT2D eigenvalue weighted by Crippen LogP contribution is 2.55. The molecule has 76 valence electrons. The Morgan fingerprint density at radius 2 is 1.93 bits per heavy atom. The minimum atomic E-state index is -0.769. The van der Waals surface area contributed by atoms with Crippen LogP contribution in [0.25, 0.3) is 0 Å². The number of nitrogens with two attached hydrogens (primary N) is 1. The second kappa shape index (κ2) is 3.07. The summed E-state index contributed by atoms with van der Waals surface area (Å²) in [6, 6.07) is 10.2. The summed E-state index contributed by atoms with van der Waals surface area (Å²) in [6.07, 6.45) is 2.09. The van der Waals surface area contributed by atoms with Crippen molar-refractivity contribution < 1.29 is 5.11 Å². The Hall–Kier alpha value is -0.860. The molecule has 1 saturated carbocycles. The molecule has 1 aromatic carbocycles. The van der Waals surface area contributed by atoms with E-state index >= 15 is 0 Å². The van der Waals surface area contributed by atoms with Crippen LogP contribution in [0.5, 0.6) is 0 Å². The maximum Gasteiger partial charge on any atom is 0.0837 e. The second-order valence-corrected chi connectivity index (χ2v) is 4.43. The van der Waals surface area contributed by atoms with Gasteiger partial charge in [-0.25, -0.2) is 0 Å². The van der Waals surface area contributed by atoms with Gasteiger partial charge in [0.25, 0.3) is 0 Å². The van der Waals surface area contributed by atoms with Gasteiger partial charge in [-0.05, 0) is 25.3 Å². The molecule has 0 spiro atoms. The number of hydrogen-bond acceptors (Lipinski definition) is 2. The van der Waals surface area contributed by atoms with Crippen molar-refractivity contribution in [1.82, 2.24) is 0 Å². The molecule has 0 amide bonds. The van der Waals surface area contributed by atoms with Gasteiger partial charge in [0.15, 0.2) is 0 Å². The van der Waals surface area contributed by atoms with E-state index < -0.39 is 5.60 Å². The lowest BCUT2D eigenvalue weighted by molar-refractivity contribution is 0.0277. The molecule has 1 aliphatic carbocycles. The monoisotopic (exact) mass is 191 g/mol. The van der Waals surface area contributed by atoms with Crippen LogP contribution in [0.2, 0.25) is 0 Å². The van der Waals surface area contributed by atoms with E-state index in [0.717, 1.165) is 12.8 Å². The maximum absolute atomic E-state index is 10.2. The molecule has 0 saturated heterocycles. The summed E-state index contributed by atoms with van der Waals surface area (Å²) in [6.45, 7) is 2.16. The van der Waals surface area contributed by atoms with Gasteiger partial charge in [0.2, 0.25) is 0 Å². The molecule has 2 nitrogen and oxygen atoms in total. The van der Waals surface area contributed by atoms with Crippen molar-refractivity contribution in [3.8, 4) is 0 Å². The van der Waals surface area contributed by atoms with Gasteiger partial charge in [-0.15, -0.1) is 0 Å². The van der Waals surface area contributed by atoms with Gasteiger partial charge in [-0.3, -0.25) is 0 Å². The van der Waals surface area contributed by atoms with Gasteiger partial charge in [0.1, 0.15) is 0 Å². The molecule has 0 heterocycles. The topological polar surface area (TPSA) is 46.2 Å². The third kappa shape index (κ3) is 1.26. The van der Waals surface area contributed by atoms with Gasteiger partial charge in [0.05, 0.1) is 5.60 Å². The van der Waals surface area contributed by atoms with Crippen LogP contribution >= 0.6 is 0 Å². The Bertz CT molecular complexity index is 314. The van der Waals surface area contributed by atoms with Crippen molar-refractivity contribution in [3.05, 3.63) is 35.9 Å². The summed E-state index contributed by atoms with van der Waals surface area (Å²) < 4.78 is 0. The van der Waals surface area contributed by atoms with Crippen LogP contribution in [0.1, 0.15) is 25.3 Å². The first-order valence-electron chi connectivity index (χ1n) is 5.10. The largest absolute Gasteiger partial charge is 0.388 e. The predicted molar refractivity (Wildman–Crippen MR) is 57.0 cm³/mol. The number of rotatable bonds is 3. The highest BCUT2D eigenvalue weighted by Gasteiger charge is 2.56. The van der Waals surface area contributed by atoms with E-state index in [4.69, 9.17) is 5.73 Å². The van der Waals surface area contributed by atoms with E-state index in [0.29, 0.717) is 6.54 Å². The standard InChI is InChI=1S/C12H17NO/c1-11(14,9-13)12(7-8-12)10-5-3-2-4-6-10/h2-6,14H,7-9,13H2,1H3. The third-order valence-electron chi connectivity index (χ3n) is 3.50. The van der Waals surface area contributed by atoms with Gasteiger partial charge < -0.3 is 10.8 Å². The number of hydrogen-bond donors (Lipinski definition) is 2. The summed E-state index contributed by atoms with van der Waals surface area (Å²) in [5, 5.41) is 10.2. The third-order valence-corrected chi connectivity index (χ3v) is 3.50. The fourth-order valence-corrected chi connectivity index (χ4v) is 2.22. The van der Waals surface area contributed by atoms with Crippen LogP contribution < -0.4 is 5.73 Å². The molecule has 0 bridgehead atoms. The van der Waals surface area contributed by atoms with Crippen molar-refractivity contribution in [2.24, 2.45) is 5.73 Å². The minimum absolute atomic E-state index is 0.0803. The summed E-state index contributed by atoms with van der Waals surface area (Å²) in [5.41, 5.74) is 5.99. The first kappa shape index (κ1) is 9.69. The molecule has 2 heteroatoms. The van der Waals surface area contributed by atoms with Crippen LogP contribution in [-0.4, -0.2) is 17.3 Å². The molecule has 1 fully saturated rings. The second-order valence-electron chi connectivity index (χ2n) is 4.43. The molecular formula is C12H17NO. The van der Waals surface area contributed by atoms with E-state index in [1.807, 2.05) is 25.1 Å². The molecule has 0 aromatic heterocycles. The summed E-state index contributed by atoms with van der Waals surface area (Å²) in [5.74, 6) is 0. The molecule has 1 unspecified atom stereocenters. The summed E-state index contributed by atoms with van der Waals surface area (Å²) in [7, 11) is 0. The predicted octanol–water partition coefficient (Wildman–Crippen LogP) is 1.43. The van der Waals surface area contributed by atoms with Crippen molar-refractivity contribution in [3.63, 3.8) is 0 Å². The Balaban J connectivity index is 2.35. The summed E-state index contributed by atoms with van der Waals surface area (Å²) >= 11 is 0. The Kier molecular flexibility index (Phi) is 2.13. The fourth-order valence-electron chi connectivity index (χ4n) is 2.22. The van der Waals surface area contributed by atoms with Gasteiger partial charge in [-0.1, -0.05) is 30.3 Å². The zero-order valence-corrected chi connectivity index (χ0v) is 8.53. The van der Waals surface area contributed by atoms with E-state index in [-0.39, 0.29) is 5.41 Å². The zero-order chi connectivity index (χ0) is 10.2. The molecular weight excluding hydrogens is 174 g/mol. The lowest BCUT2D eigenvalue weighted by Gasteiger charge is -2.32. The Morgan fingerprint density at radius 3 is 2.36 bits per heavy atom. The highest BCUT2D eigenvalue weighted by atomic mass is 16.3. The van der Waals surface area contributed by atoms with Gasteiger partial charge in [0, 0.05) is 12.0 Å². The Morgan fingerprint density at radius 1 is 1.36 bits per heavy atom. The van der Waals surface area contributed by atoms with E-state index in [9.17, 15) is 5.11 Å². The SMILES string of the molecule is CC(O)(CN)C1(c2ccccc2)CC1. The van der Waals surface area contributed by atoms with Crippen LogP contribution in [-0.2, 0) is 5.41 Å². The van der Waals surface area contributed by atoms with Crippen LogP contribution in [0.3, 0.4) is 0 Å². The van der Waals surface area contributed by atoms with Crippen molar-refractivity contribution >= 4 is 0 Å². The molecule has 1 aliphatic rings. The van der Waals surface area contributed by atoms with E-state index in [1.54, 1.807) is 0 Å². The van der Waals surface area contributed by atoms with Crippen LogP contribution in [0.4, 0.5) is 0 Å². The lowest BCUT2D eigenvalue weighted by Crippen LogP contribution is -2.46. The molecule has 1 atom stereocenters. The zero-order valence-electron chi connectivity index (χ0n) is 8.53. The smallest absolute Gasteiger partial charge is 0.0837 e. The molecule has 0 aliphatic heterocycles. The maximum atomic E-state index is 10.2. The number of benzene rings is 1. The molecule has 0 radical (unpaired) electrons. The van der Waals surface area contributed by atoms with E-state index in [1.165, 1.54) is 5.56 Å². The minimum Gasteiger partial charge on any atom is -0.388 e. The quantitative estimate of drug-likeness (QED) is 0.759. The average Bonchev–Trinajstić information content (AvgIpc) is 3.00. The Labute approximate surface area is 84.7 Å². The molecule has 1 aromatic rings.